The molecule has 0 saturated heterocycles. The van der Waals surface area contributed by atoms with E-state index in [1.807, 2.05) is 35.9 Å². The van der Waals surface area contributed by atoms with Crippen LogP contribution in [0.5, 0.6) is 5.75 Å². The molecule has 8 nitrogen and oxygen atoms in total. The number of rotatable bonds is 9. The molecule has 2 aromatic carbocycles. The minimum absolute atomic E-state index is 0.136. The molecule has 0 bridgehead atoms. The Kier molecular flexibility index (Phi) is 7.36. The Morgan fingerprint density at radius 3 is 2.64 bits per heavy atom. The van der Waals surface area contributed by atoms with Gasteiger partial charge in [-0.15, -0.1) is 5.10 Å². The normalized spacial score (nSPS) is 14.5. The van der Waals surface area contributed by atoms with Crippen LogP contribution in [0.4, 0.5) is 4.39 Å². The van der Waals surface area contributed by atoms with E-state index in [0.717, 1.165) is 40.9 Å². The fraction of sp³-hybridized carbons (Fsp3) is 0.407. The smallest absolute Gasteiger partial charge is 0.252 e. The van der Waals surface area contributed by atoms with E-state index in [-0.39, 0.29) is 11.4 Å². The highest BCUT2D eigenvalue weighted by atomic mass is 19.1. The summed E-state index contributed by atoms with van der Waals surface area (Å²) in [5.41, 5.74) is 2.21. The van der Waals surface area contributed by atoms with E-state index >= 15 is 0 Å². The average molecular weight is 491 g/mol. The lowest BCUT2D eigenvalue weighted by molar-refractivity contribution is 0.225. The van der Waals surface area contributed by atoms with E-state index in [4.69, 9.17) is 4.74 Å². The van der Waals surface area contributed by atoms with Gasteiger partial charge in [-0.25, -0.2) is 9.07 Å². The van der Waals surface area contributed by atoms with Crippen LogP contribution in [0.15, 0.2) is 53.3 Å². The average Bonchev–Trinajstić information content (AvgIpc) is 3.35. The van der Waals surface area contributed by atoms with Gasteiger partial charge in [0.2, 0.25) is 0 Å². The molecule has 188 valence electrons. The second-order valence-corrected chi connectivity index (χ2v) is 9.41. The first-order valence-corrected chi connectivity index (χ1v) is 12.6. The molecule has 36 heavy (non-hydrogen) atoms. The molecule has 0 amide bonds. The fourth-order valence-electron chi connectivity index (χ4n) is 4.99. The zero-order valence-electron chi connectivity index (χ0n) is 20.5. The van der Waals surface area contributed by atoms with Crippen molar-refractivity contribution in [3.63, 3.8) is 0 Å². The first-order chi connectivity index (χ1) is 17.6. The van der Waals surface area contributed by atoms with E-state index < -0.39 is 0 Å². The number of benzene rings is 2. The standard InChI is InChI=1S/C27H31FN6O2/c1-2-36-24-12-13-25-20(15-24)14-21(27(35)29-25)17-33(16-19-8-10-22(28)11-9-19)18-26-30-31-32-34(26)23-6-4-3-5-7-23/h8-15,23H,2-7,16-18H2,1H3,(H,29,35). The van der Waals surface area contributed by atoms with Crippen molar-refractivity contribution in [3.8, 4) is 5.75 Å². The van der Waals surface area contributed by atoms with Gasteiger partial charge < -0.3 is 9.72 Å². The molecule has 0 aliphatic heterocycles. The summed E-state index contributed by atoms with van der Waals surface area (Å²) >= 11 is 0. The van der Waals surface area contributed by atoms with Crippen molar-refractivity contribution in [1.29, 1.82) is 0 Å². The maximum absolute atomic E-state index is 13.5. The summed E-state index contributed by atoms with van der Waals surface area (Å²) in [5, 5.41) is 13.5. The van der Waals surface area contributed by atoms with E-state index in [2.05, 4.69) is 25.4 Å². The number of pyridine rings is 1. The van der Waals surface area contributed by atoms with Crippen LogP contribution in [0.2, 0.25) is 0 Å². The summed E-state index contributed by atoms with van der Waals surface area (Å²) in [6, 6.07) is 14.3. The van der Waals surface area contributed by atoms with Gasteiger partial charge in [0.05, 0.1) is 19.2 Å². The maximum Gasteiger partial charge on any atom is 0.252 e. The van der Waals surface area contributed by atoms with Crippen LogP contribution in [-0.2, 0) is 19.6 Å². The highest BCUT2D eigenvalue weighted by molar-refractivity contribution is 5.80. The van der Waals surface area contributed by atoms with Gasteiger partial charge >= 0.3 is 0 Å². The molecule has 1 aliphatic rings. The third kappa shape index (κ3) is 5.62. The lowest BCUT2D eigenvalue weighted by Crippen LogP contribution is -2.29. The van der Waals surface area contributed by atoms with Crippen LogP contribution >= 0.6 is 0 Å². The van der Waals surface area contributed by atoms with Crippen LogP contribution in [-0.4, -0.2) is 36.7 Å². The number of hydrogen-bond acceptors (Lipinski definition) is 6. The minimum atomic E-state index is -0.275. The Hall–Kier alpha value is -3.59. The number of halogens is 1. The van der Waals surface area contributed by atoms with Gasteiger partial charge in [0.25, 0.3) is 5.56 Å². The second-order valence-electron chi connectivity index (χ2n) is 9.41. The van der Waals surface area contributed by atoms with Gasteiger partial charge in [-0.2, -0.15) is 0 Å². The van der Waals surface area contributed by atoms with E-state index in [9.17, 15) is 9.18 Å². The zero-order valence-corrected chi connectivity index (χ0v) is 20.5. The summed E-state index contributed by atoms with van der Waals surface area (Å²) in [4.78, 5) is 18.1. The molecule has 0 atom stereocenters. The number of fused-ring (bicyclic) bond motifs is 1. The monoisotopic (exact) mass is 490 g/mol. The summed E-state index contributed by atoms with van der Waals surface area (Å²) < 4.78 is 21.1. The summed E-state index contributed by atoms with van der Waals surface area (Å²) in [7, 11) is 0. The van der Waals surface area contributed by atoms with Crippen molar-refractivity contribution < 1.29 is 9.13 Å². The lowest BCUT2D eigenvalue weighted by atomic mass is 9.95. The van der Waals surface area contributed by atoms with Gasteiger partial charge in [-0.05, 0) is 72.2 Å². The number of ether oxygens (including phenoxy) is 1. The third-order valence-electron chi connectivity index (χ3n) is 6.76. The Labute approximate surface area is 209 Å². The quantitative estimate of drug-likeness (QED) is 0.364. The van der Waals surface area contributed by atoms with E-state index in [1.54, 1.807) is 12.1 Å². The van der Waals surface area contributed by atoms with E-state index in [0.29, 0.717) is 37.8 Å². The van der Waals surface area contributed by atoms with Crippen LogP contribution < -0.4 is 10.3 Å². The third-order valence-corrected chi connectivity index (χ3v) is 6.76. The molecular formula is C27H31FN6O2. The van der Waals surface area contributed by atoms with Crippen molar-refractivity contribution in [2.24, 2.45) is 0 Å². The fourth-order valence-corrected chi connectivity index (χ4v) is 4.99. The molecule has 4 aromatic rings. The first kappa shape index (κ1) is 24.1. The molecule has 1 fully saturated rings. The Bertz CT molecular complexity index is 1360. The maximum atomic E-state index is 13.5. The second kappa shape index (κ2) is 11.0. The van der Waals surface area contributed by atoms with Crippen molar-refractivity contribution in [2.75, 3.05) is 6.61 Å². The van der Waals surface area contributed by atoms with Gasteiger partial charge in [-0.3, -0.25) is 9.69 Å². The van der Waals surface area contributed by atoms with Gasteiger partial charge in [0.1, 0.15) is 11.6 Å². The minimum Gasteiger partial charge on any atom is -0.494 e. The van der Waals surface area contributed by atoms with Crippen LogP contribution in [0.1, 0.15) is 62.0 Å². The molecule has 9 heteroatoms. The molecule has 2 heterocycles. The molecule has 1 saturated carbocycles. The lowest BCUT2D eigenvalue weighted by Gasteiger charge is -2.25. The molecule has 1 N–H and O–H groups in total. The summed E-state index contributed by atoms with van der Waals surface area (Å²) in [6.07, 6.45) is 5.75. The summed E-state index contributed by atoms with van der Waals surface area (Å²) in [5.74, 6) is 1.26. The molecule has 0 radical (unpaired) electrons. The number of hydrogen-bond donors (Lipinski definition) is 1. The van der Waals surface area contributed by atoms with Gasteiger partial charge in [0, 0.05) is 29.6 Å². The van der Waals surface area contributed by atoms with Crippen LogP contribution in [0.3, 0.4) is 0 Å². The topological polar surface area (TPSA) is 88.9 Å². The highest BCUT2D eigenvalue weighted by Gasteiger charge is 2.22. The number of aromatic amines is 1. The predicted octanol–water partition coefficient (Wildman–Crippen LogP) is 4.76. The Balaban J connectivity index is 1.44. The Morgan fingerprint density at radius 1 is 1.06 bits per heavy atom. The number of aromatic nitrogens is 5. The Morgan fingerprint density at radius 2 is 1.86 bits per heavy atom. The summed E-state index contributed by atoms with van der Waals surface area (Å²) in [6.45, 7) is 3.89. The van der Waals surface area contributed by atoms with Gasteiger partial charge in [0.15, 0.2) is 5.82 Å². The molecule has 5 rings (SSSR count). The van der Waals surface area contributed by atoms with Crippen molar-refractivity contribution >= 4 is 10.9 Å². The highest BCUT2D eigenvalue weighted by Crippen LogP contribution is 2.28. The number of nitrogens with zero attached hydrogens (tertiary/aromatic N) is 5. The van der Waals surface area contributed by atoms with Crippen LogP contribution in [0, 0.1) is 5.82 Å². The number of tetrazole rings is 1. The van der Waals surface area contributed by atoms with Crippen molar-refractivity contribution in [3.05, 3.63) is 81.7 Å². The predicted molar refractivity (Wildman–Crippen MR) is 135 cm³/mol. The van der Waals surface area contributed by atoms with Crippen LogP contribution in [0.25, 0.3) is 10.9 Å². The van der Waals surface area contributed by atoms with E-state index in [1.165, 1.54) is 31.4 Å². The van der Waals surface area contributed by atoms with Crippen molar-refractivity contribution in [2.45, 2.75) is 64.7 Å². The largest absolute Gasteiger partial charge is 0.494 e. The first-order valence-electron chi connectivity index (χ1n) is 12.6. The molecule has 2 aromatic heterocycles. The molecular weight excluding hydrogens is 459 g/mol. The number of H-pyrrole nitrogens is 1. The number of nitrogens with one attached hydrogen (secondary N) is 1. The molecule has 0 unspecified atom stereocenters. The SMILES string of the molecule is CCOc1ccc2[nH]c(=O)c(CN(Cc3ccc(F)cc3)Cc3nnnn3C3CCCCC3)cc2c1. The zero-order chi connectivity index (χ0) is 24.9. The van der Waals surface area contributed by atoms with Crippen molar-refractivity contribution in [1.82, 2.24) is 30.1 Å². The van der Waals surface area contributed by atoms with Gasteiger partial charge in [-0.1, -0.05) is 31.4 Å². The molecule has 1 aliphatic carbocycles. The molecule has 0 spiro atoms.